The van der Waals surface area contributed by atoms with Crippen LogP contribution in [0.2, 0.25) is 0 Å². The molecular formula is C45H81O14P. The van der Waals surface area contributed by atoms with Crippen LogP contribution >= 0.6 is 7.82 Å². The van der Waals surface area contributed by atoms with E-state index < -0.39 is 75.7 Å². The first-order valence-electron chi connectivity index (χ1n) is 23.3. The van der Waals surface area contributed by atoms with Gasteiger partial charge in [0.25, 0.3) is 0 Å². The molecule has 1 aliphatic carbocycles. The molecule has 10 atom stereocenters. The smallest absolute Gasteiger partial charge is 0.462 e. The fourth-order valence-corrected chi connectivity index (χ4v) is 8.26. The Morgan fingerprint density at radius 2 is 1.05 bits per heavy atom. The van der Waals surface area contributed by atoms with Crippen molar-refractivity contribution in [3.05, 3.63) is 24.3 Å². The highest BCUT2D eigenvalue weighted by atomic mass is 31.2. The summed E-state index contributed by atoms with van der Waals surface area (Å²) < 4.78 is 39.3. The lowest BCUT2D eigenvalue weighted by Gasteiger charge is -2.41. The van der Waals surface area contributed by atoms with Gasteiger partial charge in [0.15, 0.2) is 6.10 Å². The van der Waals surface area contributed by atoms with E-state index in [9.17, 15) is 44.6 Å². The van der Waals surface area contributed by atoms with Crippen molar-refractivity contribution in [2.24, 2.45) is 0 Å². The second-order valence-corrected chi connectivity index (χ2v) is 18.0. The van der Waals surface area contributed by atoms with Gasteiger partial charge in [-0.15, -0.1) is 0 Å². The van der Waals surface area contributed by atoms with Crippen LogP contribution in [0.1, 0.15) is 181 Å². The van der Waals surface area contributed by atoms with Crippen LogP contribution in [0.5, 0.6) is 0 Å². The number of allylic oxidation sites excluding steroid dienone is 3. The molecule has 0 bridgehead atoms. The van der Waals surface area contributed by atoms with Gasteiger partial charge in [0.2, 0.25) is 0 Å². The second kappa shape index (κ2) is 32.9. The number of epoxide rings is 1. The minimum Gasteiger partial charge on any atom is -0.462 e. The number of hydrogen-bond donors (Lipinski definition) is 6. The van der Waals surface area contributed by atoms with Crippen molar-refractivity contribution in [2.45, 2.75) is 236 Å². The van der Waals surface area contributed by atoms with Gasteiger partial charge in [0, 0.05) is 12.8 Å². The molecule has 0 aromatic carbocycles. The number of phosphoric ester groups is 1. The number of esters is 2. The van der Waals surface area contributed by atoms with Crippen LogP contribution < -0.4 is 0 Å². The molecule has 0 amide bonds. The fraction of sp³-hybridized carbons (Fsp3) is 0.867. The van der Waals surface area contributed by atoms with Gasteiger partial charge in [-0.3, -0.25) is 18.6 Å². The quantitative estimate of drug-likeness (QED) is 0.0115. The highest BCUT2D eigenvalue weighted by molar-refractivity contribution is 7.47. The van der Waals surface area contributed by atoms with Crippen LogP contribution in [0.15, 0.2) is 24.3 Å². The Kier molecular flexibility index (Phi) is 29.8. The summed E-state index contributed by atoms with van der Waals surface area (Å²) in [6.07, 6.45) is 22.5. The highest BCUT2D eigenvalue weighted by Crippen LogP contribution is 2.47. The predicted octanol–water partition coefficient (Wildman–Crippen LogP) is 7.82. The summed E-state index contributed by atoms with van der Waals surface area (Å²) in [4.78, 5) is 35.7. The zero-order valence-corrected chi connectivity index (χ0v) is 37.6. The van der Waals surface area contributed by atoms with Crippen LogP contribution in [0.3, 0.4) is 0 Å². The SMILES string of the molecule is CCCCC/C=C\CC1OC1CCCCCCCC(=O)OC[C@H](COP(=O)(O)OC1[C@H](O)[C@H](O)C(O)[C@H](O)[C@H]1O)OC(=O)CCCCCCCCC/C=C\CCCCCC. The Bertz CT molecular complexity index is 1220. The van der Waals surface area contributed by atoms with Crippen LogP contribution in [0.25, 0.3) is 0 Å². The van der Waals surface area contributed by atoms with Crippen molar-refractivity contribution in [1.29, 1.82) is 0 Å². The van der Waals surface area contributed by atoms with Gasteiger partial charge < -0.3 is 44.6 Å². The largest absolute Gasteiger partial charge is 0.472 e. The first-order chi connectivity index (χ1) is 28.9. The van der Waals surface area contributed by atoms with Crippen LogP contribution in [0.4, 0.5) is 0 Å². The third kappa shape index (κ3) is 24.8. The Morgan fingerprint density at radius 1 is 0.583 bits per heavy atom. The number of carbonyl (C=O) groups excluding carboxylic acids is 2. The number of ether oxygens (including phenoxy) is 3. The van der Waals surface area contributed by atoms with E-state index in [0.29, 0.717) is 25.0 Å². The molecule has 2 fully saturated rings. The molecule has 1 saturated carbocycles. The van der Waals surface area contributed by atoms with E-state index in [4.69, 9.17) is 23.3 Å². The number of aliphatic hydroxyl groups excluding tert-OH is 5. The van der Waals surface area contributed by atoms with E-state index in [2.05, 4.69) is 38.2 Å². The molecule has 2 aliphatic rings. The Hall–Kier alpha value is -1.71. The fourth-order valence-electron chi connectivity index (χ4n) is 7.29. The Balaban J connectivity index is 1.71. The lowest BCUT2D eigenvalue weighted by atomic mass is 9.85. The number of unbranched alkanes of at least 4 members (excludes halogenated alkanes) is 18. The summed E-state index contributed by atoms with van der Waals surface area (Å²) in [5.74, 6) is -1.13. The molecule has 0 aromatic heterocycles. The topological polar surface area (TPSA) is 222 Å². The zero-order valence-electron chi connectivity index (χ0n) is 36.7. The van der Waals surface area contributed by atoms with Crippen molar-refractivity contribution >= 4 is 19.8 Å². The molecule has 1 saturated heterocycles. The van der Waals surface area contributed by atoms with Gasteiger partial charge in [-0.1, -0.05) is 128 Å². The summed E-state index contributed by atoms with van der Waals surface area (Å²) >= 11 is 0. The third-order valence-corrected chi connectivity index (χ3v) is 12.2. The maximum absolute atomic E-state index is 12.8. The Morgan fingerprint density at radius 3 is 1.65 bits per heavy atom. The predicted molar refractivity (Wildman–Crippen MR) is 230 cm³/mol. The first-order valence-corrected chi connectivity index (χ1v) is 24.8. The maximum Gasteiger partial charge on any atom is 0.472 e. The van der Waals surface area contributed by atoms with E-state index in [1.807, 2.05) is 0 Å². The van der Waals surface area contributed by atoms with Crippen molar-refractivity contribution in [3.8, 4) is 0 Å². The van der Waals surface area contributed by atoms with Gasteiger partial charge in [-0.05, 0) is 64.2 Å². The minimum absolute atomic E-state index is 0.0864. The first kappa shape index (κ1) is 54.4. The molecule has 2 rings (SSSR count). The molecule has 15 heteroatoms. The lowest BCUT2D eigenvalue weighted by Crippen LogP contribution is -2.64. The molecule has 1 aliphatic heterocycles. The number of carbonyl (C=O) groups is 2. The third-order valence-electron chi connectivity index (χ3n) is 11.2. The summed E-state index contributed by atoms with van der Waals surface area (Å²) in [5.41, 5.74) is 0. The Labute approximate surface area is 360 Å². The van der Waals surface area contributed by atoms with Crippen molar-refractivity contribution < 1.29 is 67.8 Å². The average Bonchev–Trinajstić information content (AvgIpc) is 3.99. The van der Waals surface area contributed by atoms with E-state index in [1.165, 1.54) is 51.4 Å². The molecule has 6 N–H and O–H groups in total. The summed E-state index contributed by atoms with van der Waals surface area (Å²) in [7, 11) is -5.12. The van der Waals surface area contributed by atoms with Gasteiger partial charge >= 0.3 is 19.8 Å². The number of phosphoric acid groups is 1. The van der Waals surface area contributed by atoms with E-state index in [0.717, 1.165) is 89.9 Å². The van der Waals surface area contributed by atoms with E-state index in [-0.39, 0.29) is 12.8 Å². The summed E-state index contributed by atoms with van der Waals surface area (Å²) in [6, 6.07) is 0. The molecule has 0 spiro atoms. The van der Waals surface area contributed by atoms with Crippen molar-refractivity contribution in [3.63, 3.8) is 0 Å². The number of aliphatic hydroxyl groups is 5. The van der Waals surface area contributed by atoms with Gasteiger partial charge in [0.1, 0.15) is 43.2 Å². The van der Waals surface area contributed by atoms with Crippen molar-refractivity contribution in [2.75, 3.05) is 13.2 Å². The number of hydrogen-bond acceptors (Lipinski definition) is 13. The normalized spacial score (nSPS) is 25.7. The highest BCUT2D eigenvalue weighted by Gasteiger charge is 2.51. The monoisotopic (exact) mass is 877 g/mol. The molecule has 1 heterocycles. The zero-order chi connectivity index (χ0) is 44.0. The van der Waals surface area contributed by atoms with Crippen LogP contribution in [0, 0.1) is 0 Å². The molecule has 0 radical (unpaired) electrons. The van der Waals surface area contributed by atoms with Crippen LogP contribution in [-0.4, -0.2) is 111 Å². The van der Waals surface area contributed by atoms with E-state index >= 15 is 0 Å². The lowest BCUT2D eigenvalue weighted by molar-refractivity contribution is -0.220. The van der Waals surface area contributed by atoms with Gasteiger partial charge in [-0.25, -0.2) is 4.57 Å². The van der Waals surface area contributed by atoms with Crippen LogP contribution in [-0.2, 0) is 37.4 Å². The number of rotatable bonds is 37. The molecule has 5 unspecified atom stereocenters. The molecule has 0 aromatic rings. The van der Waals surface area contributed by atoms with Gasteiger partial charge in [-0.2, -0.15) is 0 Å². The maximum atomic E-state index is 12.8. The van der Waals surface area contributed by atoms with Gasteiger partial charge in [0.05, 0.1) is 18.8 Å². The molecule has 60 heavy (non-hydrogen) atoms. The average molecular weight is 877 g/mol. The molecule has 350 valence electrons. The van der Waals surface area contributed by atoms with E-state index in [1.54, 1.807) is 0 Å². The second-order valence-electron chi connectivity index (χ2n) is 16.6. The summed E-state index contributed by atoms with van der Waals surface area (Å²) in [6.45, 7) is 3.23. The summed E-state index contributed by atoms with van der Waals surface area (Å²) in [5, 5.41) is 50.2. The molecule has 14 nitrogen and oxygen atoms in total. The van der Waals surface area contributed by atoms with Crippen molar-refractivity contribution in [1.82, 2.24) is 0 Å². The minimum atomic E-state index is -5.12. The standard InChI is InChI=1S/C45H81O14P/c1-3-5-7-9-11-12-13-14-15-16-17-18-19-23-28-32-39(47)57-35(34-56-60(53,54)59-45-43(51)41(49)40(48)42(50)44(45)52)33-55-38(46)31-27-24-20-22-26-30-37-36(58-37)29-25-21-10-8-6-4-2/h12-13,21,25,35-37,40-45,48-52H,3-11,14-20,22-24,26-34H2,1-2H3,(H,53,54)/b13-12-,25-21-/t35-,36?,37?,40?,41-,42+,43-,44-,45?/m1/s1. The molecular weight excluding hydrogens is 795 g/mol.